The Morgan fingerprint density at radius 1 is 1.02 bits per heavy atom. The van der Waals surface area contributed by atoms with Crippen molar-refractivity contribution in [1.82, 2.24) is 25.3 Å². The van der Waals surface area contributed by atoms with E-state index in [1.165, 1.54) is 12.3 Å². The summed E-state index contributed by atoms with van der Waals surface area (Å²) in [5.74, 6) is -1.44. The second-order valence-corrected chi connectivity index (χ2v) is 10.8. The van der Waals surface area contributed by atoms with Crippen molar-refractivity contribution in [3.05, 3.63) is 87.7 Å². The molecule has 4 rings (SSSR count). The number of benzene rings is 2. The lowest BCUT2D eigenvalue weighted by Crippen LogP contribution is -2.46. The molecule has 2 heterocycles. The van der Waals surface area contributed by atoms with E-state index in [0.29, 0.717) is 43.7 Å². The van der Waals surface area contributed by atoms with Gasteiger partial charge in [-0.15, -0.1) is 0 Å². The lowest BCUT2D eigenvalue weighted by atomic mass is 10.0. The number of halogens is 2. The summed E-state index contributed by atoms with van der Waals surface area (Å²) in [6, 6.07) is 11.3. The van der Waals surface area contributed by atoms with Gasteiger partial charge in [0.15, 0.2) is 0 Å². The smallest absolute Gasteiger partial charge is 0.271 e. The molecule has 1 aliphatic rings. The first-order chi connectivity index (χ1) is 20.1. The number of carbonyl (C=O) groups is 4. The Morgan fingerprint density at radius 2 is 1.71 bits per heavy atom. The van der Waals surface area contributed by atoms with E-state index in [0.717, 1.165) is 0 Å². The zero-order chi connectivity index (χ0) is 30.2. The van der Waals surface area contributed by atoms with Crippen molar-refractivity contribution in [1.29, 1.82) is 0 Å². The molecule has 42 heavy (non-hydrogen) atoms. The number of aromatic nitrogens is 2. The summed E-state index contributed by atoms with van der Waals surface area (Å²) in [7, 11) is 3.82. The Bertz CT molecular complexity index is 1480. The predicted octanol–water partition coefficient (Wildman–Crippen LogP) is 4.06. The summed E-state index contributed by atoms with van der Waals surface area (Å²) in [5, 5.41) is 15.2. The van der Waals surface area contributed by atoms with Gasteiger partial charge in [-0.1, -0.05) is 41.4 Å². The van der Waals surface area contributed by atoms with Crippen LogP contribution in [0.15, 0.2) is 60.8 Å². The number of likely N-dealkylation sites (N-methyl/N-ethyl adjacent to an activating group) is 1. The second-order valence-electron chi connectivity index (χ2n) is 9.98. The van der Waals surface area contributed by atoms with Crippen LogP contribution in [0.4, 0.5) is 11.4 Å². The highest BCUT2D eigenvalue weighted by Crippen LogP contribution is 2.26. The summed E-state index contributed by atoms with van der Waals surface area (Å²) in [6.07, 6.45) is 5.62. The minimum atomic E-state index is -0.572. The van der Waals surface area contributed by atoms with Crippen LogP contribution in [0.5, 0.6) is 0 Å². The average molecular weight is 613 g/mol. The average Bonchev–Trinajstić information content (AvgIpc) is 3.41. The van der Waals surface area contributed by atoms with Gasteiger partial charge in [0.1, 0.15) is 5.69 Å². The van der Waals surface area contributed by atoms with Gasteiger partial charge in [-0.2, -0.15) is 5.10 Å². The molecule has 4 N–H and O–H groups in total. The van der Waals surface area contributed by atoms with Crippen LogP contribution >= 0.6 is 23.2 Å². The number of carbonyl (C=O) groups excluding carboxylic acids is 4. The van der Waals surface area contributed by atoms with Gasteiger partial charge in [0.25, 0.3) is 17.7 Å². The zero-order valence-corrected chi connectivity index (χ0v) is 24.6. The molecule has 3 aromatic rings. The number of H-pyrrole nitrogens is 1. The number of likely N-dealkylation sites (tertiary alicyclic amines) is 1. The number of anilines is 2. The highest BCUT2D eigenvalue weighted by molar-refractivity contribution is 6.40. The Labute approximate surface area is 253 Å². The van der Waals surface area contributed by atoms with Gasteiger partial charge in [0, 0.05) is 43.0 Å². The molecule has 2 aromatic carbocycles. The lowest BCUT2D eigenvalue weighted by Gasteiger charge is -2.32. The molecule has 0 radical (unpaired) electrons. The molecule has 0 saturated carbocycles. The number of nitrogens with one attached hydrogen (secondary N) is 4. The van der Waals surface area contributed by atoms with E-state index >= 15 is 0 Å². The highest BCUT2D eigenvalue weighted by Gasteiger charge is 2.27. The molecule has 0 atom stereocenters. The molecule has 4 amide bonds. The predicted molar refractivity (Wildman–Crippen MR) is 162 cm³/mol. The lowest BCUT2D eigenvalue weighted by molar-refractivity contribution is -0.111. The number of nitrogens with zero attached hydrogens (tertiary/aromatic N) is 3. The zero-order valence-electron chi connectivity index (χ0n) is 23.1. The van der Waals surface area contributed by atoms with E-state index in [1.807, 2.05) is 19.0 Å². The molecule has 1 saturated heterocycles. The van der Waals surface area contributed by atoms with Gasteiger partial charge in [-0.05, 0) is 57.3 Å². The van der Waals surface area contributed by atoms with Crippen LogP contribution in [0.2, 0.25) is 10.0 Å². The molecule has 0 spiro atoms. The third kappa shape index (κ3) is 7.96. The van der Waals surface area contributed by atoms with Crippen LogP contribution in [0.3, 0.4) is 0 Å². The molecule has 1 aromatic heterocycles. The second kappa shape index (κ2) is 14.1. The number of rotatable bonds is 9. The minimum Gasteiger partial charge on any atom is -0.348 e. The third-order valence-electron chi connectivity index (χ3n) is 6.54. The van der Waals surface area contributed by atoms with Crippen LogP contribution in [0.1, 0.15) is 44.0 Å². The molecule has 0 unspecified atom stereocenters. The van der Waals surface area contributed by atoms with Crippen molar-refractivity contribution in [3.63, 3.8) is 0 Å². The molecule has 13 heteroatoms. The summed E-state index contributed by atoms with van der Waals surface area (Å²) in [4.78, 5) is 54.7. The van der Waals surface area contributed by atoms with Crippen molar-refractivity contribution in [3.8, 4) is 0 Å². The van der Waals surface area contributed by atoms with Gasteiger partial charge in [0.2, 0.25) is 5.91 Å². The summed E-state index contributed by atoms with van der Waals surface area (Å²) in [6.45, 7) is 1.51. The van der Waals surface area contributed by atoms with E-state index in [1.54, 1.807) is 53.4 Å². The van der Waals surface area contributed by atoms with E-state index in [9.17, 15) is 19.2 Å². The molecule has 0 aliphatic carbocycles. The number of hydrogen-bond acceptors (Lipinski definition) is 6. The Morgan fingerprint density at radius 3 is 2.40 bits per heavy atom. The van der Waals surface area contributed by atoms with E-state index < -0.39 is 11.8 Å². The quantitative estimate of drug-likeness (QED) is 0.269. The number of aromatic amines is 1. The van der Waals surface area contributed by atoms with Crippen molar-refractivity contribution in [2.24, 2.45) is 0 Å². The van der Waals surface area contributed by atoms with E-state index in [-0.39, 0.29) is 44.8 Å². The molecule has 1 aliphatic heterocycles. The molecule has 11 nitrogen and oxygen atoms in total. The maximum absolute atomic E-state index is 13.1. The summed E-state index contributed by atoms with van der Waals surface area (Å²) < 4.78 is 0. The van der Waals surface area contributed by atoms with Crippen LogP contribution in [-0.2, 0) is 4.79 Å². The highest BCUT2D eigenvalue weighted by atomic mass is 35.5. The number of hydrogen-bond donors (Lipinski definition) is 4. The minimum absolute atomic E-state index is 0.0838. The molecular weight excluding hydrogens is 581 g/mol. The molecular formula is C29H31Cl2N7O4. The fraction of sp³-hybridized carbons (Fsp3) is 0.276. The van der Waals surface area contributed by atoms with E-state index in [2.05, 4.69) is 26.1 Å². The standard InChI is InChI=1S/C29H31Cl2N7O4/c1-37(2)13-5-10-24(39)33-20-7-3-6-18(16-20)29(42)38-14-11-19(12-15-38)34-28(41)26-23(17-32-36-26)35-27(40)25-21(30)8-4-9-22(25)31/h3-10,16-17,19H,11-15H2,1-2H3,(H,32,36)(H,33,39)(H,34,41)(H,35,40). The van der Waals surface area contributed by atoms with Crippen LogP contribution < -0.4 is 16.0 Å². The van der Waals surface area contributed by atoms with Gasteiger partial charge >= 0.3 is 0 Å². The van der Waals surface area contributed by atoms with E-state index in [4.69, 9.17) is 23.2 Å². The fourth-order valence-electron chi connectivity index (χ4n) is 4.41. The first-order valence-electron chi connectivity index (χ1n) is 13.2. The van der Waals surface area contributed by atoms with Gasteiger partial charge in [-0.25, -0.2) is 0 Å². The van der Waals surface area contributed by atoms with Crippen molar-refractivity contribution < 1.29 is 19.2 Å². The van der Waals surface area contributed by atoms with Crippen molar-refractivity contribution in [2.75, 3.05) is 44.4 Å². The summed E-state index contributed by atoms with van der Waals surface area (Å²) >= 11 is 12.3. The van der Waals surface area contributed by atoms with Crippen LogP contribution in [-0.4, -0.2) is 83.4 Å². The van der Waals surface area contributed by atoms with Crippen LogP contribution in [0.25, 0.3) is 0 Å². The van der Waals surface area contributed by atoms with Crippen molar-refractivity contribution >= 4 is 58.2 Å². The SMILES string of the molecule is CN(C)CC=CC(=O)Nc1cccc(C(=O)N2CCC(NC(=O)c3[nH]ncc3NC(=O)c3c(Cl)cccc3Cl)CC2)c1. The topological polar surface area (TPSA) is 140 Å². The molecule has 220 valence electrons. The van der Waals surface area contributed by atoms with Gasteiger partial charge in [-0.3, -0.25) is 24.3 Å². The van der Waals surface area contributed by atoms with Gasteiger partial charge in [0.05, 0.1) is 27.5 Å². The van der Waals surface area contributed by atoms with Gasteiger partial charge < -0.3 is 25.8 Å². The number of amides is 4. The third-order valence-corrected chi connectivity index (χ3v) is 7.17. The Kier molecular flexibility index (Phi) is 10.3. The normalized spacial score (nSPS) is 13.8. The Hall–Kier alpha value is -4.19. The summed E-state index contributed by atoms with van der Waals surface area (Å²) in [5.41, 5.74) is 1.35. The molecule has 0 bridgehead atoms. The monoisotopic (exact) mass is 611 g/mol. The number of piperidine rings is 1. The fourth-order valence-corrected chi connectivity index (χ4v) is 4.97. The maximum atomic E-state index is 13.1. The first kappa shape index (κ1) is 30.8. The molecule has 1 fully saturated rings. The van der Waals surface area contributed by atoms with Crippen molar-refractivity contribution in [2.45, 2.75) is 18.9 Å². The van der Waals surface area contributed by atoms with Crippen LogP contribution in [0, 0.1) is 0 Å². The Balaban J connectivity index is 1.30. The largest absolute Gasteiger partial charge is 0.348 e. The first-order valence-corrected chi connectivity index (χ1v) is 14.0. The maximum Gasteiger partial charge on any atom is 0.271 e.